The Morgan fingerprint density at radius 1 is 1.22 bits per heavy atom. The van der Waals surface area contributed by atoms with E-state index < -0.39 is 5.82 Å². The molecule has 4 rings (SSSR count). The number of benzene rings is 1. The second kappa shape index (κ2) is 7.08. The summed E-state index contributed by atoms with van der Waals surface area (Å²) in [6.07, 6.45) is 2.75. The molecule has 2 aromatic heterocycles. The molecule has 1 fully saturated rings. The first-order valence-electron chi connectivity index (χ1n) is 9.17. The highest BCUT2D eigenvalue weighted by atomic mass is 19.1. The zero-order valence-corrected chi connectivity index (χ0v) is 15.4. The summed E-state index contributed by atoms with van der Waals surface area (Å²) in [4.78, 5) is 15.0. The molecule has 1 aromatic carbocycles. The third-order valence-electron chi connectivity index (χ3n) is 5.13. The number of halogens is 1. The van der Waals surface area contributed by atoms with Crippen molar-refractivity contribution in [3.8, 4) is 0 Å². The number of anilines is 1. The number of para-hydroxylation sites is 1. The Morgan fingerprint density at radius 2 is 2.04 bits per heavy atom. The maximum atomic E-state index is 13.8. The monoisotopic (exact) mass is 367 g/mol. The number of hydrogen-bond donors (Lipinski definition) is 1. The average Bonchev–Trinajstić information content (AvgIpc) is 3.29. The van der Waals surface area contributed by atoms with Gasteiger partial charge in [-0.3, -0.25) is 9.20 Å². The van der Waals surface area contributed by atoms with E-state index in [4.69, 9.17) is 0 Å². The van der Waals surface area contributed by atoms with E-state index >= 15 is 0 Å². The van der Waals surface area contributed by atoms with Crippen LogP contribution in [0.1, 0.15) is 42.4 Å². The Kier molecular flexibility index (Phi) is 4.61. The van der Waals surface area contributed by atoms with E-state index in [0.29, 0.717) is 17.3 Å². The van der Waals surface area contributed by atoms with Crippen molar-refractivity contribution < 1.29 is 9.18 Å². The molecule has 1 aliphatic heterocycles. The molecule has 0 saturated carbocycles. The number of carbonyl (C=O) groups is 1. The Hall–Kier alpha value is -2.80. The van der Waals surface area contributed by atoms with Crippen LogP contribution in [-0.2, 0) is 0 Å². The summed E-state index contributed by atoms with van der Waals surface area (Å²) in [6, 6.07) is 10.1. The molecule has 1 N–H and O–H groups in total. The average molecular weight is 367 g/mol. The molecule has 140 valence electrons. The normalized spacial score (nSPS) is 17.7. The lowest BCUT2D eigenvalue weighted by Gasteiger charge is -2.19. The van der Waals surface area contributed by atoms with Gasteiger partial charge in [-0.2, -0.15) is 0 Å². The maximum absolute atomic E-state index is 13.8. The number of carbonyl (C=O) groups excluding carboxylic acids is 1. The highest BCUT2D eigenvalue weighted by molar-refractivity contribution is 6.04. The number of nitrogens with one attached hydrogen (secondary N) is 1. The number of likely N-dealkylation sites (tertiary alicyclic amines) is 1. The fraction of sp³-hybridized carbons (Fsp3) is 0.350. The van der Waals surface area contributed by atoms with Crippen LogP contribution in [0.25, 0.3) is 5.65 Å². The minimum Gasteiger partial charge on any atom is -0.319 e. The van der Waals surface area contributed by atoms with E-state index in [1.807, 2.05) is 4.40 Å². The highest BCUT2D eigenvalue weighted by Crippen LogP contribution is 2.27. The van der Waals surface area contributed by atoms with Gasteiger partial charge < -0.3 is 10.2 Å². The number of rotatable bonds is 4. The largest absolute Gasteiger partial charge is 0.319 e. The number of amides is 1. The Morgan fingerprint density at radius 3 is 2.78 bits per heavy atom. The zero-order chi connectivity index (χ0) is 19.0. The topological polar surface area (TPSA) is 62.5 Å². The summed E-state index contributed by atoms with van der Waals surface area (Å²) in [6.45, 7) is 6.35. The van der Waals surface area contributed by atoms with Crippen LogP contribution in [0.4, 0.5) is 10.1 Å². The lowest BCUT2D eigenvalue weighted by Crippen LogP contribution is -2.28. The minimum absolute atomic E-state index is 0.162. The van der Waals surface area contributed by atoms with Gasteiger partial charge in [-0.15, -0.1) is 10.2 Å². The fourth-order valence-corrected chi connectivity index (χ4v) is 3.55. The van der Waals surface area contributed by atoms with Crippen molar-refractivity contribution in [2.45, 2.75) is 32.2 Å². The van der Waals surface area contributed by atoms with Gasteiger partial charge in [0.1, 0.15) is 11.6 Å². The molecule has 3 heterocycles. The molecule has 1 aliphatic rings. The maximum Gasteiger partial charge on any atom is 0.257 e. The first-order valence-corrected chi connectivity index (χ1v) is 9.17. The molecule has 0 bridgehead atoms. The number of aromatic nitrogens is 3. The number of fused-ring (bicyclic) bond motifs is 1. The second-order valence-corrected chi connectivity index (χ2v) is 7.21. The second-order valence-electron chi connectivity index (χ2n) is 7.21. The third kappa shape index (κ3) is 3.42. The lowest BCUT2D eigenvalue weighted by molar-refractivity contribution is 0.102. The third-order valence-corrected chi connectivity index (χ3v) is 5.13. The molecule has 6 nitrogen and oxygen atoms in total. The van der Waals surface area contributed by atoms with E-state index in [9.17, 15) is 9.18 Å². The van der Waals surface area contributed by atoms with Crippen molar-refractivity contribution in [1.82, 2.24) is 19.5 Å². The van der Waals surface area contributed by atoms with E-state index in [1.165, 1.54) is 12.1 Å². The smallest absolute Gasteiger partial charge is 0.257 e. The minimum atomic E-state index is -0.461. The van der Waals surface area contributed by atoms with Crippen LogP contribution in [0, 0.1) is 5.82 Å². The Labute approximate surface area is 157 Å². The molecule has 0 aliphatic carbocycles. The van der Waals surface area contributed by atoms with Crippen LogP contribution in [0.3, 0.4) is 0 Å². The zero-order valence-electron chi connectivity index (χ0n) is 15.4. The highest BCUT2D eigenvalue weighted by Gasteiger charge is 2.29. The van der Waals surface area contributed by atoms with Crippen molar-refractivity contribution in [1.29, 1.82) is 0 Å². The van der Waals surface area contributed by atoms with Gasteiger partial charge in [-0.1, -0.05) is 12.1 Å². The van der Waals surface area contributed by atoms with Gasteiger partial charge in [0, 0.05) is 24.7 Å². The molecular formula is C20H22FN5O. The van der Waals surface area contributed by atoms with E-state index in [1.54, 1.807) is 30.5 Å². The van der Waals surface area contributed by atoms with Crippen LogP contribution >= 0.6 is 0 Å². The van der Waals surface area contributed by atoms with Crippen molar-refractivity contribution >= 4 is 17.2 Å². The van der Waals surface area contributed by atoms with Gasteiger partial charge in [0.15, 0.2) is 5.65 Å². The summed E-state index contributed by atoms with van der Waals surface area (Å²) in [5.41, 5.74) is 1.30. The van der Waals surface area contributed by atoms with Gasteiger partial charge in [-0.25, -0.2) is 4.39 Å². The summed E-state index contributed by atoms with van der Waals surface area (Å²) < 4.78 is 15.7. The summed E-state index contributed by atoms with van der Waals surface area (Å²) in [5.74, 6) is 0.328. The number of pyridine rings is 1. The number of hydrogen-bond acceptors (Lipinski definition) is 4. The standard InChI is InChI=1S/C20H22FN5O/c1-13(2)25-10-9-14(11-25)19-24-23-18-8-7-15(12-26(18)19)20(27)22-17-6-4-3-5-16(17)21/h3-8,12-14H,9-11H2,1-2H3,(H,22,27)/t14-/m1/s1. The van der Waals surface area contributed by atoms with Crippen LogP contribution < -0.4 is 5.32 Å². The molecule has 1 saturated heterocycles. The molecule has 3 aromatic rings. The summed E-state index contributed by atoms with van der Waals surface area (Å²) >= 11 is 0. The molecule has 0 spiro atoms. The van der Waals surface area contributed by atoms with Crippen LogP contribution in [0.5, 0.6) is 0 Å². The lowest BCUT2D eigenvalue weighted by atomic mass is 10.1. The van der Waals surface area contributed by atoms with Crippen molar-refractivity contribution in [2.75, 3.05) is 18.4 Å². The van der Waals surface area contributed by atoms with Crippen molar-refractivity contribution in [3.63, 3.8) is 0 Å². The molecule has 1 atom stereocenters. The predicted molar refractivity (Wildman–Crippen MR) is 101 cm³/mol. The fourth-order valence-electron chi connectivity index (χ4n) is 3.55. The van der Waals surface area contributed by atoms with Crippen LogP contribution in [0.2, 0.25) is 0 Å². The summed E-state index contributed by atoms with van der Waals surface area (Å²) in [7, 11) is 0. The van der Waals surface area contributed by atoms with Gasteiger partial charge in [0.25, 0.3) is 5.91 Å². The Bertz CT molecular complexity index is 983. The first-order chi connectivity index (χ1) is 13.0. The number of nitrogens with zero attached hydrogens (tertiary/aromatic N) is 4. The quantitative estimate of drug-likeness (QED) is 0.768. The van der Waals surface area contributed by atoms with Crippen LogP contribution in [-0.4, -0.2) is 44.5 Å². The summed E-state index contributed by atoms with van der Waals surface area (Å²) in [5, 5.41) is 11.2. The van der Waals surface area contributed by atoms with Crippen LogP contribution in [0.15, 0.2) is 42.6 Å². The molecule has 27 heavy (non-hydrogen) atoms. The predicted octanol–water partition coefficient (Wildman–Crippen LogP) is 3.32. The van der Waals surface area contributed by atoms with Crippen molar-refractivity contribution in [3.05, 3.63) is 59.8 Å². The molecule has 0 unspecified atom stereocenters. The van der Waals surface area contributed by atoms with E-state index in [2.05, 4.69) is 34.3 Å². The SMILES string of the molecule is CC(C)N1CC[C@@H](c2nnc3ccc(C(=O)Nc4ccccc4F)cn23)C1. The van der Waals surface area contributed by atoms with Gasteiger partial charge in [0.2, 0.25) is 0 Å². The van der Waals surface area contributed by atoms with Gasteiger partial charge in [-0.05, 0) is 51.1 Å². The molecule has 0 radical (unpaired) electrons. The van der Waals surface area contributed by atoms with E-state index in [0.717, 1.165) is 25.3 Å². The van der Waals surface area contributed by atoms with E-state index in [-0.39, 0.29) is 17.5 Å². The van der Waals surface area contributed by atoms with Gasteiger partial charge >= 0.3 is 0 Å². The first kappa shape index (κ1) is 17.6. The molecule has 1 amide bonds. The molecular weight excluding hydrogens is 345 g/mol. The van der Waals surface area contributed by atoms with Crippen molar-refractivity contribution in [2.24, 2.45) is 0 Å². The molecule has 7 heteroatoms. The van der Waals surface area contributed by atoms with Gasteiger partial charge in [0.05, 0.1) is 11.3 Å². The Balaban J connectivity index is 1.60.